The Hall–Kier alpha value is -1.38. The average molecular weight is 306 g/mol. The van der Waals surface area contributed by atoms with Crippen LogP contribution >= 0.6 is 27.7 Å². The Balaban J connectivity index is 2.02. The molecule has 0 bridgehead atoms. The third kappa shape index (κ3) is 3.55. The van der Waals surface area contributed by atoms with Crippen LogP contribution in [0.1, 0.15) is 11.3 Å². The first-order valence-corrected chi connectivity index (χ1v) is 6.65. The van der Waals surface area contributed by atoms with E-state index in [4.69, 9.17) is 5.26 Å². The van der Waals surface area contributed by atoms with Crippen LogP contribution < -0.4 is 0 Å². The number of hydrogen-bond donors (Lipinski definition) is 0. The van der Waals surface area contributed by atoms with E-state index < -0.39 is 0 Å². The molecule has 5 heteroatoms. The van der Waals surface area contributed by atoms with Gasteiger partial charge in [0, 0.05) is 22.6 Å². The highest BCUT2D eigenvalue weighted by molar-refractivity contribution is 9.10. The summed E-state index contributed by atoms with van der Waals surface area (Å²) in [6.07, 6.45) is 3.43. The first kappa shape index (κ1) is 12.1. The number of thioether (sulfide) groups is 1. The Morgan fingerprint density at radius 1 is 1.29 bits per heavy atom. The van der Waals surface area contributed by atoms with Gasteiger partial charge in [0.1, 0.15) is 11.8 Å². The topological polar surface area (TPSA) is 49.6 Å². The van der Waals surface area contributed by atoms with Crippen LogP contribution in [-0.2, 0) is 5.75 Å². The molecule has 84 valence electrons. The minimum absolute atomic E-state index is 0.451. The van der Waals surface area contributed by atoms with Crippen molar-refractivity contribution in [2.24, 2.45) is 0 Å². The largest absolute Gasteiger partial charge is 0.249 e. The number of hydrogen-bond acceptors (Lipinski definition) is 4. The third-order valence-corrected chi connectivity index (χ3v) is 3.51. The van der Waals surface area contributed by atoms with Gasteiger partial charge in [0.05, 0.1) is 5.03 Å². The van der Waals surface area contributed by atoms with E-state index in [1.807, 2.05) is 24.3 Å². The maximum absolute atomic E-state index is 8.74. The van der Waals surface area contributed by atoms with Gasteiger partial charge in [0.2, 0.25) is 0 Å². The lowest BCUT2D eigenvalue weighted by Crippen LogP contribution is -1.87. The van der Waals surface area contributed by atoms with Crippen molar-refractivity contribution in [3.63, 3.8) is 0 Å². The first-order chi connectivity index (χ1) is 8.28. The maximum atomic E-state index is 8.74. The third-order valence-electron chi connectivity index (χ3n) is 2.03. The summed E-state index contributed by atoms with van der Waals surface area (Å²) in [6, 6.07) is 9.66. The molecule has 0 aromatic carbocycles. The smallest absolute Gasteiger partial charge is 0.140 e. The van der Waals surface area contributed by atoms with Crippen molar-refractivity contribution < 1.29 is 0 Å². The summed E-state index contributed by atoms with van der Waals surface area (Å²) in [5.74, 6) is 0.784. The fourth-order valence-electron chi connectivity index (χ4n) is 1.23. The van der Waals surface area contributed by atoms with E-state index >= 15 is 0 Å². The van der Waals surface area contributed by atoms with Gasteiger partial charge in [-0.05, 0) is 45.8 Å². The summed E-state index contributed by atoms with van der Waals surface area (Å²) in [7, 11) is 0. The van der Waals surface area contributed by atoms with Crippen LogP contribution in [0.3, 0.4) is 0 Å². The van der Waals surface area contributed by atoms with Crippen molar-refractivity contribution in [2.75, 3.05) is 0 Å². The normalized spacial score (nSPS) is 9.88. The van der Waals surface area contributed by atoms with Crippen LogP contribution in [0.2, 0.25) is 0 Å². The number of pyridine rings is 2. The van der Waals surface area contributed by atoms with E-state index in [9.17, 15) is 0 Å². The quantitative estimate of drug-likeness (QED) is 0.816. The van der Waals surface area contributed by atoms with Crippen molar-refractivity contribution >= 4 is 27.7 Å². The number of aromatic nitrogens is 2. The molecule has 3 nitrogen and oxygen atoms in total. The van der Waals surface area contributed by atoms with E-state index in [0.29, 0.717) is 5.69 Å². The Morgan fingerprint density at radius 2 is 2.18 bits per heavy atom. The fraction of sp³-hybridized carbons (Fsp3) is 0.0833. The summed E-state index contributed by atoms with van der Waals surface area (Å²) in [5, 5.41) is 9.70. The number of rotatable bonds is 3. The summed E-state index contributed by atoms with van der Waals surface area (Å²) in [4.78, 5) is 8.20. The standard InChI is InChI=1S/C12H8BrN3S/c13-10-1-2-12(16-7-10)17-8-9-3-4-15-11(5-9)6-14/h1-5,7H,8H2. The molecule has 0 aliphatic heterocycles. The zero-order chi connectivity index (χ0) is 12.1. The molecule has 0 aliphatic rings. The second kappa shape index (κ2) is 5.80. The van der Waals surface area contributed by atoms with Gasteiger partial charge in [-0.2, -0.15) is 5.26 Å². The molecule has 17 heavy (non-hydrogen) atoms. The van der Waals surface area contributed by atoms with Crippen LogP contribution in [0.4, 0.5) is 0 Å². The summed E-state index contributed by atoms with van der Waals surface area (Å²) in [5.41, 5.74) is 1.53. The molecule has 0 saturated carbocycles. The highest BCUT2D eigenvalue weighted by atomic mass is 79.9. The Morgan fingerprint density at radius 3 is 2.88 bits per heavy atom. The van der Waals surface area contributed by atoms with Gasteiger partial charge in [-0.3, -0.25) is 0 Å². The highest BCUT2D eigenvalue weighted by Gasteiger charge is 1.99. The Kier molecular flexibility index (Phi) is 4.13. The zero-order valence-electron chi connectivity index (χ0n) is 8.80. The van der Waals surface area contributed by atoms with Crippen LogP contribution in [0.15, 0.2) is 46.2 Å². The lowest BCUT2D eigenvalue weighted by Gasteiger charge is -2.01. The predicted octanol–water partition coefficient (Wildman–Crippen LogP) is 3.40. The monoisotopic (exact) mass is 305 g/mol. The molecule has 0 spiro atoms. The van der Waals surface area contributed by atoms with E-state index in [1.54, 1.807) is 30.2 Å². The van der Waals surface area contributed by atoms with Gasteiger partial charge >= 0.3 is 0 Å². The molecular formula is C12H8BrN3S. The van der Waals surface area contributed by atoms with Gasteiger partial charge in [-0.25, -0.2) is 9.97 Å². The number of nitrogens with zero attached hydrogens (tertiary/aromatic N) is 3. The van der Waals surface area contributed by atoms with Gasteiger partial charge in [-0.15, -0.1) is 11.8 Å². The predicted molar refractivity (Wildman–Crippen MR) is 70.5 cm³/mol. The van der Waals surface area contributed by atoms with E-state index in [2.05, 4.69) is 25.9 Å². The van der Waals surface area contributed by atoms with E-state index in [0.717, 1.165) is 20.8 Å². The molecule has 0 saturated heterocycles. The molecule has 2 rings (SSSR count). The molecule has 0 radical (unpaired) electrons. The van der Waals surface area contributed by atoms with Crippen LogP contribution in [-0.4, -0.2) is 9.97 Å². The molecule has 2 aromatic heterocycles. The average Bonchev–Trinajstić information content (AvgIpc) is 2.38. The summed E-state index contributed by atoms with van der Waals surface area (Å²) in [6.45, 7) is 0. The molecule has 0 N–H and O–H groups in total. The second-order valence-corrected chi connectivity index (χ2v) is 5.18. The van der Waals surface area contributed by atoms with Crippen molar-refractivity contribution in [3.05, 3.63) is 52.4 Å². The molecule has 0 unspecified atom stereocenters. The second-order valence-electron chi connectivity index (χ2n) is 3.26. The Bertz CT molecular complexity index is 548. The minimum Gasteiger partial charge on any atom is -0.249 e. The van der Waals surface area contributed by atoms with Gasteiger partial charge in [-0.1, -0.05) is 0 Å². The van der Waals surface area contributed by atoms with Crippen molar-refractivity contribution in [1.82, 2.24) is 9.97 Å². The molecule has 0 fully saturated rings. The molecule has 0 aliphatic carbocycles. The number of halogens is 1. The maximum Gasteiger partial charge on any atom is 0.140 e. The van der Waals surface area contributed by atoms with E-state index in [1.165, 1.54) is 0 Å². The molecular weight excluding hydrogens is 298 g/mol. The van der Waals surface area contributed by atoms with Crippen LogP contribution in [0, 0.1) is 11.3 Å². The summed E-state index contributed by atoms with van der Waals surface area (Å²) >= 11 is 4.98. The van der Waals surface area contributed by atoms with Crippen LogP contribution in [0.25, 0.3) is 0 Å². The van der Waals surface area contributed by atoms with Crippen molar-refractivity contribution in [1.29, 1.82) is 5.26 Å². The minimum atomic E-state index is 0.451. The zero-order valence-corrected chi connectivity index (χ0v) is 11.2. The summed E-state index contributed by atoms with van der Waals surface area (Å²) < 4.78 is 0.970. The van der Waals surface area contributed by atoms with Crippen molar-refractivity contribution in [3.8, 4) is 6.07 Å². The first-order valence-electron chi connectivity index (χ1n) is 4.87. The SMILES string of the molecule is N#Cc1cc(CSc2ccc(Br)cn2)ccn1. The van der Waals surface area contributed by atoms with Gasteiger partial charge in [0.15, 0.2) is 0 Å². The highest BCUT2D eigenvalue weighted by Crippen LogP contribution is 2.21. The Labute approximate surface area is 112 Å². The van der Waals surface area contributed by atoms with Crippen LogP contribution in [0.5, 0.6) is 0 Å². The molecule has 0 amide bonds. The number of nitriles is 1. The molecule has 2 aromatic rings. The lowest BCUT2D eigenvalue weighted by atomic mass is 10.2. The molecule has 2 heterocycles. The van der Waals surface area contributed by atoms with Crippen molar-refractivity contribution in [2.45, 2.75) is 10.8 Å². The van der Waals surface area contributed by atoms with Gasteiger partial charge < -0.3 is 0 Å². The lowest BCUT2D eigenvalue weighted by molar-refractivity contribution is 1.12. The fourth-order valence-corrected chi connectivity index (χ4v) is 2.25. The molecule has 0 atom stereocenters. The van der Waals surface area contributed by atoms with E-state index in [-0.39, 0.29) is 0 Å². The van der Waals surface area contributed by atoms with Gasteiger partial charge in [0.25, 0.3) is 0 Å².